The van der Waals surface area contributed by atoms with Gasteiger partial charge in [0, 0.05) is 32.8 Å². The van der Waals surface area contributed by atoms with Crippen molar-refractivity contribution in [1.29, 1.82) is 0 Å². The van der Waals surface area contributed by atoms with Gasteiger partial charge in [0.15, 0.2) is 8.07 Å². The molecular weight excluding hydrogens is 707 g/mol. The molecule has 0 saturated carbocycles. The smallest absolute Gasteiger partial charge is 0.180 e. The zero-order valence-electron chi connectivity index (χ0n) is 31.2. The molecule has 0 unspecified atom stereocenters. The summed E-state index contributed by atoms with van der Waals surface area (Å²) in [6, 6.07) is 81.8. The molecule has 0 radical (unpaired) electrons. The minimum atomic E-state index is -2.82. The van der Waals surface area contributed by atoms with Crippen LogP contribution in [0.25, 0.3) is 66.4 Å². The molecule has 0 fully saturated rings. The first-order chi connectivity index (χ1) is 28.3. The average molecular weight is 744 g/mol. The van der Waals surface area contributed by atoms with Crippen LogP contribution in [0.15, 0.2) is 224 Å². The molecule has 0 atom stereocenters. The number of pyridine rings is 1. The predicted molar refractivity (Wildman–Crippen MR) is 242 cm³/mol. The highest BCUT2D eigenvalue weighted by atomic mass is 28.3. The fourth-order valence-electron chi connectivity index (χ4n) is 9.31. The summed E-state index contributed by atoms with van der Waals surface area (Å²) in [5.41, 5.74) is 7.91. The SMILES string of the molecule is c1ccc([Si](c2ccccc2)(c2ccccc2)c2ccccc2-c2cccc(-n3c4ccccc4c4cc(-n5c6ccccc6c6ccccc65)ccc43)n2)cc1. The van der Waals surface area contributed by atoms with Gasteiger partial charge in [0.1, 0.15) is 5.82 Å². The van der Waals surface area contributed by atoms with Crippen molar-refractivity contribution < 1.29 is 0 Å². The quantitative estimate of drug-likeness (QED) is 0.118. The second-order valence-electron chi connectivity index (χ2n) is 14.7. The lowest BCUT2D eigenvalue weighted by Crippen LogP contribution is -2.75. The molecule has 0 aliphatic heterocycles. The largest absolute Gasteiger partial charge is 0.309 e. The van der Waals surface area contributed by atoms with Crippen molar-refractivity contribution in [2.24, 2.45) is 0 Å². The summed E-state index contributed by atoms with van der Waals surface area (Å²) in [4.78, 5) is 5.58. The summed E-state index contributed by atoms with van der Waals surface area (Å²) in [6.45, 7) is 0. The van der Waals surface area contributed by atoms with Crippen LogP contribution in [0.2, 0.25) is 0 Å². The molecule has 3 heterocycles. The van der Waals surface area contributed by atoms with Crippen LogP contribution in [-0.4, -0.2) is 22.2 Å². The van der Waals surface area contributed by atoms with Crippen molar-refractivity contribution in [2.45, 2.75) is 0 Å². The molecule has 11 aromatic rings. The van der Waals surface area contributed by atoms with Gasteiger partial charge in [-0.3, -0.25) is 4.57 Å². The van der Waals surface area contributed by atoms with Crippen LogP contribution in [0.3, 0.4) is 0 Å². The lowest BCUT2D eigenvalue weighted by molar-refractivity contribution is 1.08. The van der Waals surface area contributed by atoms with Crippen molar-refractivity contribution >= 4 is 72.4 Å². The van der Waals surface area contributed by atoms with E-state index in [1.165, 1.54) is 53.3 Å². The Kier molecular flexibility index (Phi) is 7.83. The van der Waals surface area contributed by atoms with Crippen LogP contribution >= 0.6 is 0 Å². The summed E-state index contributed by atoms with van der Waals surface area (Å²) >= 11 is 0. The Labute approximate surface area is 332 Å². The Morgan fingerprint density at radius 1 is 0.333 bits per heavy atom. The van der Waals surface area contributed by atoms with Gasteiger partial charge in [-0.25, -0.2) is 4.98 Å². The highest BCUT2D eigenvalue weighted by Crippen LogP contribution is 2.37. The second kappa shape index (κ2) is 13.5. The summed E-state index contributed by atoms with van der Waals surface area (Å²) < 4.78 is 4.73. The first kappa shape index (κ1) is 33.1. The van der Waals surface area contributed by atoms with Crippen molar-refractivity contribution in [3.8, 4) is 22.8 Å². The zero-order valence-corrected chi connectivity index (χ0v) is 32.2. The number of hydrogen-bond acceptors (Lipinski definition) is 1. The maximum Gasteiger partial charge on any atom is 0.180 e. The van der Waals surface area contributed by atoms with Gasteiger partial charge in [0.25, 0.3) is 0 Å². The standard InChI is InChI=1S/C53H37N3Si/c1-4-19-39(20-5-1)57(40-21-6-2-7-22-40,41-23-8-3-9-24-41)52-33-17-13-28-45(52)47-29-18-34-53(54-47)56-50-32-16-12-27-44(50)46-37-38(35-36-51(46)56)55-48-30-14-10-25-42(48)43-26-11-15-31-49(43)55/h1-37H. The minimum absolute atomic E-state index is 0.893. The second-order valence-corrected chi connectivity index (χ2v) is 18.5. The maximum absolute atomic E-state index is 5.58. The average Bonchev–Trinajstić information content (AvgIpc) is 3.81. The van der Waals surface area contributed by atoms with Gasteiger partial charge < -0.3 is 4.57 Å². The number of fused-ring (bicyclic) bond motifs is 6. The molecule has 0 spiro atoms. The van der Waals surface area contributed by atoms with E-state index in [1.807, 2.05) is 0 Å². The molecular formula is C53H37N3Si. The Morgan fingerprint density at radius 2 is 0.789 bits per heavy atom. The Hall–Kier alpha value is -7.27. The Bertz CT molecular complexity index is 3090. The number of benzene rings is 8. The molecule has 57 heavy (non-hydrogen) atoms. The van der Waals surface area contributed by atoms with Gasteiger partial charge in [-0.05, 0) is 69.3 Å². The molecule has 0 bridgehead atoms. The topological polar surface area (TPSA) is 22.8 Å². The van der Waals surface area contributed by atoms with Gasteiger partial charge >= 0.3 is 0 Å². The van der Waals surface area contributed by atoms with Crippen molar-refractivity contribution in [2.75, 3.05) is 0 Å². The Morgan fingerprint density at radius 3 is 1.37 bits per heavy atom. The van der Waals surface area contributed by atoms with Crippen molar-refractivity contribution in [3.05, 3.63) is 224 Å². The molecule has 4 heteroatoms. The zero-order chi connectivity index (χ0) is 37.8. The van der Waals surface area contributed by atoms with Crippen LogP contribution < -0.4 is 20.7 Å². The van der Waals surface area contributed by atoms with Crippen LogP contribution in [0.1, 0.15) is 0 Å². The third kappa shape index (κ3) is 5.15. The van der Waals surface area contributed by atoms with E-state index in [1.54, 1.807) is 0 Å². The molecule has 0 aliphatic rings. The predicted octanol–water partition coefficient (Wildman–Crippen LogP) is 10.3. The molecule has 0 amide bonds. The molecule has 0 N–H and O–H groups in total. The molecule has 0 aliphatic carbocycles. The van der Waals surface area contributed by atoms with E-state index in [9.17, 15) is 0 Å². The van der Waals surface area contributed by atoms with Gasteiger partial charge in [0.2, 0.25) is 0 Å². The van der Waals surface area contributed by atoms with E-state index in [-0.39, 0.29) is 0 Å². The minimum Gasteiger partial charge on any atom is -0.309 e. The summed E-state index contributed by atoms with van der Waals surface area (Å²) in [5.74, 6) is 0.893. The molecule has 8 aromatic carbocycles. The van der Waals surface area contributed by atoms with Gasteiger partial charge in [0.05, 0.1) is 27.8 Å². The lowest BCUT2D eigenvalue weighted by atomic mass is 10.1. The van der Waals surface area contributed by atoms with E-state index >= 15 is 0 Å². The molecule has 11 rings (SSSR count). The molecule has 0 saturated heterocycles. The fraction of sp³-hybridized carbons (Fsp3) is 0. The first-order valence-electron chi connectivity index (χ1n) is 19.6. The van der Waals surface area contributed by atoms with E-state index in [0.29, 0.717) is 0 Å². The van der Waals surface area contributed by atoms with E-state index in [2.05, 4.69) is 234 Å². The van der Waals surface area contributed by atoms with Gasteiger partial charge in [-0.15, -0.1) is 0 Å². The van der Waals surface area contributed by atoms with E-state index in [0.717, 1.165) is 33.8 Å². The van der Waals surface area contributed by atoms with Crippen molar-refractivity contribution in [3.63, 3.8) is 0 Å². The summed E-state index contributed by atoms with van der Waals surface area (Å²) in [7, 11) is -2.82. The lowest BCUT2D eigenvalue weighted by Gasteiger charge is -2.35. The first-order valence-corrected chi connectivity index (χ1v) is 21.6. The number of rotatable bonds is 7. The van der Waals surface area contributed by atoms with Crippen molar-refractivity contribution in [1.82, 2.24) is 14.1 Å². The highest BCUT2D eigenvalue weighted by molar-refractivity contribution is 7.20. The third-order valence-corrected chi connectivity index (χ3v) is 16.5. The molecule has 268 valence electrons. The summed E-state index contributed by atoms with van der Waals surface area (Å²) in [6.07, 6.45) is 0. The van der Waals surface area contributed by atoms with E-state index in [4.69, 9.17) is 4.98 Å². The summed E-state index contributed by atoms with van der Waals surface area (Å²) in [5, 5.41) is 10.3. The number of hydrogen-bond donors (Lipinski definition) is 0. The normalized spacial score (nSPS) is 11.9. The number of aromatic nitrogens is 3. The molecule has 3 nitrogen and oxygen atoms in total. The Balaban J connectivity index is 1.13. The number of para-hydroxylation sites is 3. The van der Waals surface area contributed by atoms with Crippen LogP contribution in [0.5, 0.6) is 0 Å². The maximum atomic E-state index is 5.58. The van der Waals surface area contributed by atoms with Crippen LogP contribution in [-0.2, 0) is 0 Å². The van der Waals surface area contributed by atoms with Crippen LogP contribution in [0.4, 0.5) is 0 Å². The van der Waals surface area contributed by atoms with Gasteiger partial charge in [-0.1, -0.05) is 176 Å². The number of nitrogens with zero attached hydrogens (tertiary/aromatic N) is 3. The fourth-order valence-corrected chi connectivity index (χ4v) is 14.3. The third-order valence-electron chi connectivity index (χ3n) is 11.7. The molecule has 3 aromatic heterocycles. The highest BCUT2D eigenvalue weighted by Gasteiger charge is 2.43. The van der Waals surface area contributed by atoms with E-state index < -0.39 is 8.07 Å². The monoisotopic (exact) mass is 743 g/mol. The van der Waals surface area contributed by atoms with Gasteiger partial charge in [-0.2, -0.15) is 0 Å². The van der Waals surface area contributed by atoms with Crippen LogP contribution in [0, 0.1) is 0 Å².